The van der Waals surface area contributed by atoms with Gasteiger partial charge in [0.1, 0.15) is 0 Å². The zero-order chi connectivity index (χ0) is 7.82. The Bertz CT molecular complexity index is 95.0. The van der Waals surface area contributed by atoms with E-state index in [0.29, 0.717) is 13.2 Å². The number of unbranched alkanes of at least 4 members (excludes halogenated alkanes) is 1. The third kappa shape index (κ3) is 8.07. The summed E-state index contributed by atoms with van der Waals surface area (Å²) in [6.45, 7) is 3.17. The van der Waals surface area contributed by atoms with E-state index in [4.69, 9.17) is 9.29 Å². The van der Waals surface area contributed by atoms with E-state index in [1.807, 2.05) is 0 Å². The summed E-state index contributed by atoms with van der Waals surface area (Å²) in [4.78, 5) is 0. The second-order valence-electron chi connectivity index (χ2n) is 1.99. The van der Waals surface area contributed by atoms with Crippen LogP contribution < -0.4 is 0 Å². The minimum absolute atomic E-state index is 0.226. The van der Waals surface area contributed by atoms with Gasteiger partial charge in [0.15, 0.2) is 11.1 Å². The Labute approximate surface area is 64.1 Å². The Morgan fingerprint density at radius 2 is 2.20 bits per heavy atom. The van der Waals surface area contributed by atoms with E-state index in [2.05, 4.69) is 6.92 Å². The Kier molecular flexibility index (Phi) is 7.23. The first-order chi connectivity index (χ1) is 4.77. The maximum atomic E-state index is 10.1. The highest BCUT2D eigenvalue weighted by Crippen LogP contribution is 1.87. The predicted octanol–water partition coefficient (Wildman–Crippen LogP) is 1.02. The van der Waals surface area contributed by atoms with Crippen molar-refractivity contribution in [2.75, 3.05) is 19.0 Å². The van der Waals surface area contributed by atoms with Crippen molar-refractivity contribution in [1.82, 2.24) is 0 Å². The molecular formula is C6H14O3S. The van der Waals surface area contributed by atoms with Crippen LogP contribution in [0.2, 0.25) is 0 Å². The second-order valence-corrected chi connectivity index (χ2v) is 3.04. The molecule has 0 radical (unpaired) electrons. The van der Waals surface area contributed by atoms with Crippen LogP contribution in [0.1, 0.15) is 19.8 Å². The Morgan fingerprint density at radius 3 is 2.70 bits per heavy atom. The molecule has 0 aromatic carbocycles. The summed E-state index contributed by atoms with van der Waals surface area (Å²) < 4.78 is 23.4. The molecule has 0 aliphatic heterocycles. The van der Waals surface area contributed by atoms with E-state index < -0.39 is 11.1 Å². The van der Waals surface area contributed by atoms with E-state index in [9.17, 15) is 4.21 Å². The van der Waals surface area contributed by atoms with Gasteiger partial charge >= 0.3 is 0 Å². The van der Waals surface area contributed by atoms with Gasteiger partial charge < -0.3 is 9.29 Å². The van der Waals surface area contributed by atoms with Crippen molar-refractivity contribution in [2.24, 2.45) is 0 Å². The first kappa shape index (κ1) is 10.1. The molecule has 1 N–H and O–H groups in total. The summed E-state index contributed by atoms with van der Waals surface area (Å²) in [5, 5.41) is 0. The number of hydrogen-bond acceptors (Lipinski definition) is 2. The van der Waals surface area contributed by atoms with E-state index in [1.165, 1.54) is 0 Å². The van der Waals surface area contributed by atoms with Gasteiger partial charge in [-0.1, -0.05) is 13.3 Å². The molecule has 0 aromatic rings. The quantitative estimate of drug-likeness (QED) is 0.473. The molecule has 0 rings (SSSR count). The summed E-state index contributed by atoms with van der Waals surface area (Å²) >= 11 is -1.70. The molecule has 0 saturated carbocycles. The van der Waals surface area contributed by atoms with Crippen LogP contribution in [0.15, 0.2) is 0 Å². The van der Waals surface area contributed by atoms with Crippen LogP contribution >= 0.6 is 0 Å². The molecular weight excluding hydrogens is 152 g/mol. The molecule has 1 unspecified atom stereocenters. The molecule has 62 valence electrons. The summed E-state index contributed by atoms with van der Waals surface area (Å²) in [5.41, 5.74) is 0. The molecule has 0 heterocycles. The molecule has 0 spiro atoms. The van der Waals surface area contributed by atoms with Crippen molar-refractivity contribution < 1.29 is 13.5 Å². The molecule has 0 bridgehead atoms. The lowest BCUT2D eigenvalue weighted by molar-refractivity contribution is 0.145. The zero-order valence-corrected chi connectivity index (χ0v) is 7.02. The van der Waals surface area contributed by atoms with Gasteiger partial charge in [-0.15, -0.1) is 0 Å². The Hall–Kier alpha value is 0.0700. The van der Waals surface area contributed by atoms with Gasteiger partial charge in [0.2, 0.25) is 0 Å². The third-order valence-corrected chi connectivity index (χ3v) is 1.56. The van der Waals surface area contributed by atoms with E-state index in [0.717, 1.165) is 12.8 Å². The highest BCUT2D eigenvalue weighted by atomic mass is 32.2. The van der Waals surface area contributed by atoms with Crippen LogP contribution in [-0.4, -0.2) is 27.7 Å². The van der Waals surface area contributed by atoms with Crippen molar-refractivity contribution in [3.05, 3.63) is 0 Å². The maximum Gasteiger partial charge on any atom is 0.155 e. The summed E-state index contributed by atoms with van der Waals surface area (Å²) in [5.74, 6) is 0.226. The molecule has 1 atom stereocenters. The highest BCUT2D eigenvalue weighted by molar-refractivity contribution is 7.79. The van der Waals surface area contributed by atoms with Crippen molar-refractivity contribution >= 4 is 11.1 Å². The average Bonchev–Trinajstić information content (AvgIpc) is 1.87. The normalized spacial score (nSPS) is 13.4. The fourth-order valence-electron chi connectivity index (χ4n) is 0.479. The van der Waals surface area contributed by atoms with E-state index >= 15 is 0 Å². The van der Waals surface area contributed by atoms with Crippen LogP contribution in [0, 0.1) is 0 Å². The molecule has 0 fully saturated rings. The van der Waals surface area contributed by atoms with Crippen molar-refractivity contribution in [3.63, 3.8) is 0 Å². The van der Waals surface area contributed by atoms with Gasteiger partial charge in [0.25, 0.3) is 0 Å². The highest BCUT2D eigenvalue weighted by Gasteiger charge is 1.91. The van der Waals surface area contributed by atoms with Crippen molar-refractivity contribution in [3.8, 4) is 0 Å². The smallest absolute Gasteiger partial charge is 0.155 e. The topological polar surface area (TPSA) is 46.5 Å². The molecule has 0 saturated heterocycles. The molecule has 3 nitrogen and oxygen atoms in total. The van der Waals surface area contributed by atoms with Gasteiger partial charge in [0, 0.05) is 6.61 Å². The Balaban J connectivity index is 2.84. The van der Waals surface area contributed by atoms with Crippen molar-refractivity contribution in [1.29, 1.82) is 0 Å². The van der Waals surface area contributed by atoms with Gasteiger partial charge in [-0.05, 0) is 6.42 Å². The molecule has 0 amide bonds. The van der Waals surface area contributed by atoms with Gasteiger partial charge in [0.05, 0.1) is 12.4 Å². The Morgan fingerprint density at radius 1 is 1.50 bits per heavy atom. The second kappa shape index (κ2) is 7.18. The fourth-order valence-corrected chi connectivity index (χ4v) is 0.739. The summed E-state index contributed by atoms with van der Waals surface area (Å²) in [6.07, 6.45) is 2.13. The lowest BCUT2D eigenvalue weighted by atomic mass is 10.4. The van der Waals surface area contributed by atoms with Crippen LogP contribution in [0.25, 0.3) is 0 Å². The average molecular weight is 166 g/mol. The zero-order valence-electron chi connectivity index (χ0n) is 6.21. The van der Waals surface area contributed by atoms with Gasteiger partial charge in [-0.25, -0.2) is 4.21 Å². The molecule has 0 aliphatic rings. The van der Waals surface area contributed by atoms with Crippen LogP contribution in [0.5, 0.6) is 0 Å². The minimum Gasteiger partial charge on any atom is -0.380 e. The number of hydrogen-bond donors (Lipinski definition) is 1. The molecule has 0 aliphatic carbocycles. The maximum absolute atomic E-state index is 10.1. The van der Waals surface area contributed by atoms with Crippen LogP contribution in [0.3, 0.4) is 0 Å². The third-order valence-electron chi connectivity index (χ3n) is 1.04. The number of ether oxygens (including phenoxy) is 1. The fraction of sp³-hybridized carbons (Fsp3) is 1.00. The first-order valence-electron chi connectivity index (χ1n) is 3.42. The van der Waals surface area contributed by atoms with E-state index in [1.54, 1.807) is 0 Å². The first-order valence-corrected chi connectivity index (χ1v) is 4.70. The van der Waals surface area contributed by atoms with Crippen LogP contribution in [0.4, 0.5) is 0 Å². The monoisotopic (exact) mass is 166 g/mol. The predicted molar refractivity (Wildman–Crippen MR) is 41.4 cm³/mol. The van der Waals surface area contributed by atoms with Gasteiger partial charge in [-0.2, -0.15) is 0 Å². The minimum atomic E-state index is -1.70. The molecule has 4 heteroatoms. The number of rotatable bonds is 6. The lowest BCUT2D eigenvalue weighted by Gasteiger charge is -1.99. The van der Waals surface area contributed by atoms with E-state index in [-0.39, 0.29) is 5.75 Å². The summed E-state index contributed by atoms with van der Waals surface area (Å²) in [6, 6.07) is 0. The standard InChI is InChI=1S/C6H14O3S/c1-2-3-4-9-5-6-10(7)8/h2-6H2,1H3,(H,7,8). The lowest BCUT2D eigenvalue weighted by Crippen LogP contribution is -2.05. The molecule has 10 heavy (non-hydrogen) atoms. The van der Waals surface area contributed by atoms with Gasteiger partial charge in [-0.3, -0.25) is 0 Å². The van der Waals surface area contributed by atoms with Crippen molar-refractivity contribution in [2.45, 2.75) is 19.8 Å². The molecule has 0 aromatic heterocycles. The SMILES string of the molecule is CCCCOCCS(=O)O. The largest absolute Gasteiger partial charge is 0.380 e. The summed E-state index contributed by atoms with van der Waals surface area (Å²) in [7, 11) is 0. The van der Waals surface area contributed by atoms with Crippen LogP contribution in [-0.2, 0) is 15.8 Å².